The van der Waals surface area contributed by atoms with Crippen molar-refractivity contribution in [2.24, 2.45) is 17.1 Å². The average Bonchev–Trinajstić information content (AvgIpc) is 2.22. The second-order valence-electron chi connectivity index (χ2n) is 6.69. The highest BCUT2D eigenvalue weighted by Gasteiger charge is 2.33. The number of piperidine rings is 1. The molecule has 1 fully saturated rings. The van der Waals surface area contributed by atoms with E-state index in [0.29, 0.717) is 12.5 Å². The number of nitrogens with one attached hydrogen (secondary N) is 1. The third kappa shape index (κ3) is 4.25. The number of rotatable bonds is 4. The van der Waals surface area contributed by atoms with Gasteiger partial charge in [0.15, 0.2) is 0 Å². The summed E-state index contributed by atoms with van der Waals surface area (Å²) in [6.07, 6.45) is 0.972. The molecule has 2 atom stereocenters. The number of carbonyl (C=O) groups is 1. The number of nitrogens with two attached hydrogens (primary N) is 1. The Labute approximate surface area is 111 Å². The summed E-state index contributed by atoms with van der Waals surface area (Å²) in [5.74, 6) is 0.600. The van der Waals surface area contributed by atoms with Gasteiger partial charge in [0.2, 0.25) is 5.91 Å². The lowest BCUT2D eigenvalue weighted by Crippen LogP contribution is -2.54. The highest BCUT2D eigenvalue weighted by atomic mass is 16.2. The molecule has 3 N–H and O–H groups in total. The molecule has 1 aliphatic heterocycles. The normalized spacial score (nSPS) is 26.1. The summed E-state index contributed by atoms with van der Waals surface area (Å²) in [4.78, 5) is 14.1. The van der Waals surface area contributed by atoms with Crippen molar-refractivity contribution in [3.63, 3.8) is 0 Å². The molecule has 1 rings (SSSR count). The molecule has 1 amide bonds. The van der Waals surface area contributed by atoms with Crippen molar-refractivity contribution >= 4 is 5.91 Å². The molecule has 106 valence electrons. The van der Waals surface area contributed by atoms with Crippen LogP contribution in [0, 0.1) is 11.3 Å². The predicted octanol–water partition coefficient (Wildman–Crippen LogP) is 1.21. The lowest BCUT2D eigenvalue weighted by Gasteiger charge is -2.42. The van der Waals surface area contributed by atoms with Crippen LogP contribution in [0.15, 0.2) is 0 Å². The first-order valence-corrected chi connectivity index (χ1v) is 6.99. The van der Waals surface area contributed by atoms with Crippen LogP contribution >= 0.6 is 0 Å². The zero-order valence-corrected chi connectivity index (χ0v) is 12.5. The number of likely N-dealkylation sites (tertiary alicyclic amines) is 1. The second kappa shape index (κ2) is 6.02. The monoisotopic (exact) mass is 255 g/mol. The zero-order valence-electron chi connectivity index (χ0n) is 12.5. The van der Waals surface area contributed by atoms with Gasteiger partial charge in [-0.05, 0) is 24.7 Å². The third-order valence-electron chi connectivity index (χ3n) is 4.15. The van der Waals surface area contributed by atoms with E-state index >= 15 is 0 Å². The molecule has 2 unspecified atom stereocenters. The molecule has 0 aromatic heterocycles. The Morgan fingerprint density at radius 3 is 2.56 bits per heavy atom. The highest BCUT2D eigenvalue weighted by Crippen LogP contribution is 2.27. The quantitative estimate of drug-likeness (QED) is 0.794. The summed E-state index contributed by atoms with van der Waals surface area (Å²) in [6.45, 7) is 13.0. The van der Waals surface area contributed by atoms with Crippen LogP contribution in [0.2, 0.25) is 0 Å². The van der Waals surface area contributed by atoms with E-state index in [4.69, 9.17) is 5.73 Å². The molecule has 0 saturated carbocycles. The van der Waals surface area contributed by atoms with Crippen LogP contribution in [-0.4, -0.2) is 42.5 Å². The van der Waals surface area contributed by atoms with E-state index < -0.39 is 0 Å². The number of amides is 1. The van der Waals surface area contributed by atoms with Gasteiger partial charge in [-0.25, -0.2) is 0 Å². The first-order chi connectivity index (χ1) is 8.22. The van der Waals surface area contributed by atoms with Gasteiger partial charge in [0.25, 0.3) is 0 Å². The molecule has 1 heterocycles. The van der Waals surface area contributed by atoms with Crippen molar-refractivity contribution < 1.29 is 4.79 Å². The fourth-order valence-electron chi connectivity index (χ4n) is 2.29. The summed E-state index contributed by atoms with van der Waals surface area (Å²) in [7, 11) is 0. The van der Waals surface area contributed by atoms with Gasteiger partial charge in [-0.1, -0.05) is 27.7 Å². The minimum atomic E-state index is 0.0994. The first kappa shape index (κ1) is 15.4. The molecule has 4 heteroatoms. The van der Waals surface area contributed by atoms with Crippen molar-refractivity contribution in [2.75, 3.05) is 19.6 Å². The summed E-state index contributed by atoms with van der Waals surface area (Å²) in [5.41, 5.74) is 6.20. The fraction of sp³-hybridized carbons (Fsp3) is 0.929. The fourth-order valence-corrected chi connectivity index (χ4v) is 2.29. The van der Waals surface area contributed by atoms with Crippen molar-refractivity contribution in [3.8, 4) is 0 Å². The lowest BCUT2D eigenvalue weighted by atomic mass is 9.80. The molecule has 0 bridgehead atoms. The van der Waals surface area contributed by atoms with Crippen LogP contribution in [0.25, 0.3) is 0 Å². The maximum Gasteiger partial charge on any atom is 0.234 e. The number of hydrogen-bond acceptors (Lipinski definition) is 3. The number of hydrogen-bond donors (Lipinski definition) is 2. The Balaban J connectivity index is 2.42. The molecule has 1 aliphatic rings. The molecule has 0 radical (unpaired) electrons. The van der Waals surface area contributed by atoms with E-state index in [1.165, 1.54) is 0 Å². The van der Waals surface area contributed by atoms with Gasteiger partial charge in [-0.15, -0.1) is 0 Å². The van der Waals surface area contributed by atoms with Crippen LogP contribution in [0.1, 0.15) is 41.0 Å². The zero-order chi connectivity index (χ0) is 13.9. The van der Waals surface area contributed by atoms with Gasteiger partial charge in [0, 0.05) is 25.2 Å². The van der Waals surface area contributed by atoms with Crippen molar-refractivity contribution in [1.82, 2.24) is 10.2 Å². The topological polar surface area (TPSA) is 58.4 Å². The Morgan fingerprint density at radius 1 is 1.44 bits per heavy atom. The Morgan fingerprint density at radius 2 is 2.06 bits per heavy atom. The SMILES string of the molecule is CC(C)C(C)NC(=O)CN1CCC(N)C(C)(C)C1. The van der Waals surface area contributed by atoms with Crippen LogP contribution in [0.4, 0.5) is 0 Å². The molecule has 18 heavy (non-hydrogen) atoms. The standard InChI is InChI=1S/C14H29N3O/c1-10(2)11(3)16-13(18)8-17-7-6-12(15)14(4,5)9-17/h10-12H,6-9,15H2,1-5H3,(H,16,18). The van der Waals surface area contributed by atoms with E-state index in [0.717, 1.165) is 19.5 Å². The summed E-state index contributed by atoms with van der Waals surface area (Å²) >= 11 is 0. The van der Waals surface area contributed by atoms with Crippen molar-refractivity contribution in [1.29, 1.82) is 0 Å². The maximum atomic E-state index is 11.9. The Kier molecular flexibility index (Phi) is 5.17. The third-order valence-corrected chi connectivity index (χ3v) is 4.15. The smallest absolute Gasteiger partial charge is 0.234 e. The molecular formula is C14H29N3O. The second-order valence-corrected chi connectivity index (χ2v) is 6.69. The highest BCUT2D eigenvalue weighted by molar-refractivity contribution is 5.78. The van der Waals surface area contributed by atoms with Crippen molar-refractivity contribution in [2.45, 2.75) is 53.1 Å². The van der Waals surface area contributed by atoms with E-state index in [2.05, 4.69) is 44.8 Å². The Hall–Kier alpha value is -0.610. The van der Waals surface area contributed by atoms with E-state index in [1.54, 1.807) is 0 Å². The van der Waals surface area contributed by atoms with Crippen LogP contribution in [-0.2, 0) is 4.79 Å². The lowest BCUT2D eigenvalue weighted by molar-refractivity contribution is -0.123. The average molecular weight is 255 g/mol. The van der Waals surface area contributed by atoms with E-state index in [9.17, 15) is 4.79 Å². The molecule has 0 spiro atoms. The molecule has 0 aromatic carbocycles. The molecule has 1 saturated heterocycles. The van der Waals surface area contributed by atoms with Crippen molar-refractivity contribution in [3.05, 3.63) is 0 Å². The minimum Gasteiger partial charge on any atom is -0.352 e. The van der Waals surface area contributed by atoms with Gasteiger partial charge in [0.05, 0.1) is 6.54 Å². The molecular weight excluding hydrogens is 226 g/mol. The van der Waals surface area contributed by atoms with Gasteiger partial charge in [-0.2, -0.15) is 0 Å². The summed E-state index contributed by atoms with van der Waals surface area (Å²) < 4.78 is 0. The number of carbonyl (C=O) groups excluding carboxylic acids is 1. The van der Waals surface area contributed by atoms with Crippen LogP contribution in [0.5, 0.6) is 0 Å². The largest absolute Gasteiger partial charge is 0.352 e. The number of nitrogens with zero attached hydrogens (tertiary/aromatic N) is 1. The Bertz CT molecular complexity index is 289. The predicted molar refractivity (Wildman–Crippen MR) is 75.3 cm³/mol. The van der Waals surface area contributed by atoms with Crippen LogP contribution < -0.4 is 11.1 Å². The van der Waals surface area contributed by atoms with Gasteiger partial charge < -0.3 is 11.1 Å². The maximum absolute atomic E-state index is 11.9. The van der Waals surface area contributed by atoms with Crippen LogP contribution in [0.3, 0.4) is 0 Å². The summed E-state index contributed by atoms with van der Waals surface area (Å²) in [5, 5.41) is 3.05. The molecule has 4 nitrogen and oxygen atoms in total. The molecule has 0 aromatic rings. The van der Waals surface area contributed by atoms with Gasteiger partial charge in [0.1, 0.15) is 0 Å². The van der Waals surface area contributed by atoms with E-state index in [1.807, 2.05) is 0 Å². The first-order valence-electron chi connectivity index (χ1n) is 6.99. The van der Waals surface area contributed by atoms with E-state index in [-0.39, 0.29) is 23.4 Å². The van der Waals surface area contributed by atoms with Gasteiger partial charge in [-0.3, -0.25) is 9.69 Å². The minimum absolute atomic E-state index is 0.0994. The molecule has 0 aliphatic carbocycles. The summed E-state index contributed by atoms with van der Waals surface area (Å²) in [6, 6.07) is 0.476. The van der Waals surface area contributed by atoms with Gasteiger partial charge >= 0.3 is 0 Å².